The number of nitrogens with zero attached hydrogens (tertiary/aromatic N) is 2. The smallest absolute Gasteiger partial charge is 0.267 e. The summed E-state index contributed by atoms with van der Waals surface area (Å²) >= 11 is 0. The second kappa shape index (κ2) is 12.4. The van der Waals surface area contributed by atoms with Crippen molar-refractivity contribution in [2.75, 3.05) is 24.5 Å². The van der Waals surface area contributed by atoms with E-state index in [0.717, 1.165) is 30.0 Å². The molecule has 2 aromatic rings. The highest BCUT2D eigenvalue weighted by Crippen LogP contribution is 2.17. The van der Waals surface area contributed by atoms with Crippen LogP contribution < -0.4 is 21.4 Å². The predicted octanol–water partition coefficient (Wildman–Crippen LogP) is 2.06. The summed E-state index contributed by atoms with van der Waals surface area (Å²) in [6, 6.07) is 9.66. The lowest BCUT2D eigenvalue weighted by atomic mass is 10.1. The predicted molar refractivity (Wildman–Crippen MR) is 124 cm³/mol. The third-order valence-electron chi connectivity index (χ3n) is 5.14. The SMILES string of the molecule is C.NC[C@H](NC(=O)c1ccc(C#Cc2ccc(N3CCCCCC3)nc2)cc1)C(=O)NO. The van der Waals surface area contributed by atoms with Crippen LogP contribution in [0.2, 0.25) is 0 Å². The number of anilines is 1. The standard InChI is InChI=1S/C23H27N5O3.CH4/c24-15-20(23(30)27-31)26-22(29)19-10-7-17(8-11-19)5-6-18-9-12-21(25-16-18)28-13-3-1-2-4-14-28;/h7-12,16,20,31H,1-4,13-15,24H2,(H,26,29)(H,27,30);1H4/t20-;/m0./s1. The summed E-state index contributed by atoms with van der Waals surface area (Å²) in [5, 5.41) is 11.1. The van der Waals surface area contributed by atoms with E-state index < -0.39 is 17.9 Å². The minimum atomic E-state index is -1.01. The first-order valence-electron chi connectivity index (χ1n) is 10.4. The van der Waals surface area contributed by atoms with Gasteiger partial charge in [0, 0.05) is 42.5 Å². The van der Waals surface area contributed by atoms with Crippen molar-refractivity contribution in [2.24, 2.45) is 5.73 Å². The van der Waals surface area contributed by atoms with E-state index in [0.29, 0.717) is 5.56 Å². The molecule has 1 aliphatic rings. The highest BCUT2D eigenvalue weighted by atomic mass is 16.5. The Balaban J connectivity index is 0.00000363. The molecule has 2 heterocycles. The number of nitrogens with one attached hydrogen (secondary N) is 2. The molecule has 170 valence electrons. The molecule has 3 rings (SSSR count). The molecule has 5 N–H and O–H groups in total. The molecular weight excluding hydrogens is 406 g/mol. The monoisotopic (exact) mass is 437 g/mol. The lowest BCUT2D eigenvalue weighted by Gasteiger charge is -2.21. The molecule has 1 fully saturated rings. The molecule has 1 atom stereocenters. The number of amides is 2. The second-order valence-electron chi connectivity index (χ2n) is 7.37. The van der Waals surface area contributed by atoms with Gasteiger partial charge in [0.25, 0.3) is 11.8 Å². The Bertz CT molecular complexity index is 940. The summed E-state index contributed by atoms with van der Waals surface area (Å²) in [5.74, 6) is 5.91. The van der Waals surface area contributed by atoms with Crippen molar-refractivity contribution < 1.29 is 14.8 Å². The summed E-state index contributed by atoms with van der Waals surface area (Å²) in [6.07, 6.45) is 6.77. The van der Waals surface area contributed by atoms with Crippen LogP contribution in [0.25, 0.3) is 0 Å². The summed E-state index contributed by atoms with van der Waals surface area (Å²) in [6.45, 7) is 1.97. The molecule has 1 aliphatic heterocycles. The van der Waals surface area contributed by atoms with Gasteiger partial charge in [-0.25, -0.2) is 10.5 Å². The van der Waals surface area contributed by atoms with E-state index in [9.17, 15) is 9.59 Å². The molecule has 1 aromatic carbocycles. The zero-order chi connectivity index (χ0) is 22.1. The van der Waals surface area contributed by atoms with Crippen LogP contribution in [0, 0.1) is 11.8 Å². The summed E-state index contributed by atoms with van der Waals surface area (Å²) < 4.78 is 0. The van der Waals surface area contributed by atoms with Crippen molar-refractivity contribution in [2.45, 2.75) is 39.2 Å². The van der Waals surface area contributed by atoms with Gasteiger partial charge in [-0.05, 0) is 49.2 Å². The maximum Gasteiger partial charge on any atom is 0.267 e. The molecule has 8 heteroatoms. The number of hydrogen-bond acceptors (Lipinski definition) is 6. The number of benzene rings is 1. The van der Waals surface area contributed by atoms with Crippen molar-refractivity contribution in [3.8, 4) is 11.8 Å². The number of carbonyl (C=O) groups is 2. The Morgan fingerprint density at radius 2 is 1.66 bits per heavy atom. The van der Waals surface area contributed by atoms with Crippen LogP contribution in [0.4, 0.5) is 5.82 Å². The first kappa shape index (κ1) is 24.9. The minimum absolute atomic E-state index is 0. The summed E-state index contributed by atoms with van der Waals surface area (Å²) in [5.41, 5.74) is 8.85. The zero-order valence-electron chi connectivity index (χ0n) is 17.3. The molecule has 0 saturated carbocycles. The highest BCUT2D eigenvalue weighted by molar-refractivity contribution is 5.97. The van der Waals surface area contributed by atoms with Crippen molar-refractivity contribution in [1.82, 2.24) is 15.8 Å². The van der Waals surface area contributed by atoms with Gasteiger partial charge in [0.15, 0.2) is 0 Å². The van der Waals surface area contributed by atoms with Crippen LogP contribution in [0.3, 0.4) is 0 Å². The van der Waals surface area contributed by atoms with Crippen molar-refractivity contribution in [1.29, 1.82) is 0 Å². The Labute approximate surface area is 189 Å². The van der Waals surface area contributed by atoms with E-state index in [2.05, 4.69) is 27.0 Å². The van der Waals surface area contributed by atoms with Gasteiger partial charge >= 0.3 is 0 Å². The Morgan fingerprint density at radius 3 is 2.22 bits per heavy atom. The first-order valence-corrected chi connectivity index (χ1v) is 10.4. The molecule has 1 saturated heterocycles. The fourth-order valence-corrected chi connectivity index (χ4v) is 3.35. The number of nitrogens with two attached hydrogens (primary N) is 1. The molecule has 0 radical (unpaired) electrons. The van der Waals surface area contributed by atoms with Gasteiger partial charge in [-0.1, -0.05) is 32.1 Å². The largest absolute Gasteiger partial charge is 0.357 e. The molecule has 2 amide bonds. The summed E-state index contributed by atoms with van der Waals surface area (Å²) in [4.78, 5) is 30.5. The zero-order valence-corrected chi connectivity index (χ0v) is 17.3. The van der Waals surface area contributed by atoms with Crippen molar-refractivity contribution in [3.05, 3.63) is 59.3 Å². The van der Waals surface area contributed by atoms with E-state index in [-0.39, 0.29) is 14.0 Å². The van der Waals surface area contributed by atoms with Gasteiger partial charge in [0.2, 0.25) is 0 Å². The maximum absolute atomic E-state index is 12.2. The Hall–Kier alpha value is -3.41. The van der Waals surface area contributed by atoms with Crippen LogP contribution in [0.5, 0.6) is 0 Å². The minimum Gasteiger partial charge on any atom is -0.357 e. The van der Waals surface area contributed by atoms with Crippen LogP contribution >= 0.6 is 0 Å². The number of carbonyl (C=O) groups excluding carboxylic acids is 2. The molecule has 32 heavy (non-hydrogen) atoms. The maximum atomic E-state index is 12.2. The lowest BCUT2D eigenvalue weighted by molar-refractivity contribution is -0.130. The highest BCUT2D eigenvalue weighted by Gasteiger charge is 2.19. The van der Waals surface area contributed by atoms with Gasteiger partial charge in [0.1, 0.15) is 11.9 Å². The number of pyridine rings is 1. The molecule has 0 aliphatic carbocycles. The van der Waals surface area contributed by atoms with Crippen LogP contribution in [0.15, 0.2) is 42.6 Å². The quantitative estimate of drug-likeness (QED) is 0.323. The van der Waals surface area contributed by atoms with Gasteiger partial charge in [-0.2, -0.15) is 0 Å². The topological polar surface area (TPSA) is 121 Å². The molecule has 0 bridgehead atoms. The number of aromatic nitrogens is 1. The molecule has 0 spiro atoms. The van der Waals surface area contributed by atoms with E-state index in [1.54, 1.807) is 30.5 Å². The molecular formula is C24H31N5O3. The fraction of sp³-hybridized carbons (Fsp3) is 0.375. The molecule has 1 aromatic heterocycles. The molecule has 0 unspecified atom stereocenters. The lowest BCUT2D eigenvalue weighted by Crippen LogP contribution is -2.50. The average Bonchev–Trinajstić information content (AvgIpc) is 3.11. The first-order chi connectivity index (χ1) is 15.1. The number of hydrogen-bond donors (Lipinski definition) is 4. The molecule has 8 nitrogen and oxygen atoms in total. The van der Waals surface area contributed by atoms with Crippen molar-refractivity contribution >= 4 is 17.6 Å². The van der Waals surface area contributed by atoms with Gasteiger partial charge in [-0.3, -0.25) is 14.8 Å². The third-order valence-corrected chi connectivity index (χ3v) is 5.14. The summed E-state index contributed by atoms with van der Waals surface area (Å²) in [7, 11) is 0. The Kier molecular flexibility index (Phi) is 9.67. The van der Waals surface area contributed by atoms with E-state index >= 15 is 0 Å². The van der Waals surface area contributed by atoms with E-state index in [1.807, 2.05) is 12.1 Å². The van der Waals surface area contributed by atoms with Gasteiger partial charge in [0.05, 0.1) is 0 Å². The second-order valence-corrected chi connectivity index (χ2v) is 7.37. The third kappa shape index (κ3) is 6.80. The van der Waals surface area contributed by atoms with Crippen LogP contribution in [0.1, 0.15) is 54.6 Å². The number of rotatable bonds is 5. The van der Waals surface area contributed by atoms with Crippen molar-refractivity contribution in [3.63, 3.8) is 0 Å². The van der Waals surface area contributed by atoms with Gasteiger partial charge in [-0.15, -0.1) is 0 Å². The van der Waals surface area contributed by atoms with E-state index in [1.165, 1.54) is 31.2 Å². The van der Waals surface area contributed by atoms with Gasteiger partial charge < -0.3 is 16.0 Å². The Morgan fingerprint density at radius 1 is 1.03 bits per heavy atom. The van der Waals surface area contributed by atoms with E-state index in [4.69, 9.17) is 10.9 Å². The van der Waals surface area contributed by atoms with Crippen LogP contribution in [-0.2, 0) is 4.79 Å². The fourth-order valence-electron chi connectivity index (χ4n) is 3.35. The average molecular weight is 438 g/mol. The van der Waals surface area contributed by atoms with Crippen LogP contribution in [-0.4, -0.2) is 47.7 Å². The normalized spacial score (nSPS) is 14.1. The number of hydroxylamine groups is 1.